The van der Waals surface area contributed by atoms with Crippen molar-refractivity contribution in [3.63, 3.8) is 0 Å². The molecule has 1 amide bonds. The van der Waals surface area contributed by atoms with E-state index in [0.717, 1.165) is 13.1 Å². The topological polar surface area (TPSA) is 45.2 Å². The average molecular weight is 286 g/mol. The molecule has 0 fully saturated rings. The molecule has 0 saturated heterocycles. The van der Waals surface area contributed by atoms with Crippen molar-refractivity contribution in [3.05, 3.63) is 28.5 Å². The van der Waals surface area contributed by atoms with E-state index < -0.39 is 0 Å². The van der Waals surface area contributed by atoms with Gasteiger partial charge in [0.05, 0.1) is 0 Å². The quantitative estimate of drug-likeness (QED) is 0.835. The van der Waals surface area contributed by atoms with Crippen molar-refractivity contribution in [1.29, 1.82) is 0 Å². The van der Waals surface area contributed by atoms with Gasteiger partial charge < -0.3 is 10.2 Å². The monoisotopic (exact) mass is 285 g/mol. The third-order valence-corrected chi connectivity index (χ3v) is 2.71. The standard InChI is InChI=1S/C11H16BrN3O/c1-3-15(2)8-7-13-11(16)9-5-4-6-10(12)14-9/h4-6H,3,7-8H2,1-2H3,(H,13,16). The molecule has 0 radical (unpaired) electrons. The van der Waals surface area contributed by atoms with Crippen LogP contribution in [0.5, 0.6) is 0 Å². The SMILES string of the molecule is CCN(C)CCNC(=O)c1cccc(Br)n1. The molecule has 0 atom stereocenters. The van der Waals surface area contributed by atoms with Crippen molar-refractivity contribution >= 4 is 21.8 Å². The Morgan fingerprint density at radius 3 is 2.94 bits per heavy atom. The Labute approximate surface area is 104 Å². The van der Waals surface area contributed by atoms with Crippen molar-refractivity contribution in [2.45, 2.75) is 6.92 Å². The Morgan fingerprint density at radius 2 is 2.31 bits per heavy atom. The van der Waals surface area contributed by atoms with Crippen LogP contribution in [0.2, 0.25) is 0 Å². The Morgan fingerprint density at radius 1 is 1.56 bits per heavy atom. The minimum Gasteiger partial charge on any atom is -0.349 e. The number of hydrogen-bond acceptors (Lipinski definition) is 3. The molecule has 88 valence electrons. The molecule has 0 aliphatic heterocycles. The summed E-state index contributed by atoms with van der Waals surface area (Å²) in [7, 11) is 2.02. The minimum absolute atomic E-state index is 0.134. The van der Waals surface area contributed by atoms with E-state index in [-0.39, 0.29) is 5.91 Å². The molecular formula is C11H16BrN3O. The molecule has 1 rings (SSSR count). The summed E-state index contributed by atoms with van der Waals surface area (Å²) in [5.74, 6) is -0.134. The first-order chi connectivity index (χ1) is 7.63. The Kier molecular flexibility index (Phi) is 5.42. The Balaban J connectivity index is 2.41. The van der Waals surface area contributed by atoms with Crippen molar-refractivity contribution in [1.82, 2.24) is 15.2 Å². The zero-order chi connectivity index (χ0) is 12.0. The molecular weight excluding hydrogens is 270 g/mol. The number of rotatable bonds is 5. The predicted molar refractivity (Wildman–Crippen MR) is 67.4 cm³/mol. The van der Waals surface area contributed by atoms with Crippen LogP contribution in [0.25, 0.3) is 0 Å². The second kappa shape index (κ2) is 6.60. The van der Waals surface area contributed by atoms with Crippen LogP contribution in [0.15, 0.2) is 22.8 Å². The highest BCUT2D eigenvalue weighted by Crippen LogP contribution is 2.05. The molecule has 16 heavy (non-hydrogen) atoms. The molecule has 1 aromatic rings. The van der Waals surface area contributed by atoms with Gasteiger partial charge in [-0.25, -0.2) is 4.98 Å². The highest BCUT2D eigenvalue weighted by molar-refractivity contribution is 9.10. The molecule has 0 bridgehead atoms. The van der Waals surface area contributed by atoms with Crippen LogP contribution >= 0.6 is 15.9 Å². The lowest BCUT2D eigenvalue weighted by atomic mass is 10.3. The largest absolute Gasteiger partial charge is 0.349 e. The molecule has 0 unspecified atom stereocenters. The summed E-state index contributed by atoms with van der Waals surface area (Å²) in [6, 6.07) is 5.29. The van der Waals surface area contributed by atoms with E-state index in [1.54, 1.807) is 18.2 Å². The zero-order valence-electron chi connectivity index (χ0n) is 9.53. The molecule has 0 aromatic carbocycles. The number of nitrogens with one attached hydrogen (secondary N) is 1. The van der Waals surface area contributed by atoms with Crippen molar-refractivity contribution in [2.75, 3.05) is 26.7 Å². The van der Waals surface area contributed by atoms with E-state index in [4.69, 9.17) is 0 Å². The van der Waals surface area contributed by atoms with Gasteiger partial charge in [0.25, 0.3) is 5.91 Å². The fraction of sp³-hybridized carbons (Fsp3) is 0.455. The highest BCUT2D eigenvalue weighted by atomic mass is 79.9. The van der Waals surface area contributed by atoms with Gasteiger partial charge in [0.1, 0.15) is 10.3 Å². The van der Waals surface area contributed by atoms with Gasteiger partial charge in [0.15, 0.2) is 0 Å². The van der Waals surface area contributed by atoms with Gasteiger partial charge in [-0.2, -0.15) is 0 Å². The van der Waals surface area contributed by atoms with Crippen LogP contribution in [0.1, 0.15) is 17.4 Å². The van der Waals surface area contributed by atoms with E-state index in [2.05, 4.69) is 38.1 Å². The number of hydrogen-bond donors (Lipinski definition) is 1. The molecule has 0 spiro atoms. The zero-order valence-corrected chi connectivity index (χ0v) is 11.1. The van der Waals surface area contributed by atoms with Gasteiger partial charge >= 0.3 is 0 Å². The normalized spacial score (nSPS) is 10.5. The molecule has 4 nitrogen and oxygen atoms in total. The van der Waals surface area contributed by atoms with Gasteiger partial charge in [-0.15, -0.1) is 0 Å². The van der Waals surface area contributed by atoms with E-state index in [0.29, 0.717) is 16.8 Å². The average Bonchev–Trinajstić information content (AvgIpc) is 2.28. The fourth-order valence-electron chi connectivity index (χ4n) is 1.14. The number of pyridine rings is 1. The predicted octanol–water partition coefficient (Wildman–Crippen LogP) is 1.53. The van der Waals surface area contributed by atoms with Crippen LogP contribution in [0.4, 0.5) is 0 Å². The maximum atomic E-state index is 11.7. The van der Waals surface area contributed by atoms with E-state index in [1.165, 1.54) is 0 Å². The maximum absolute atomic E-state index is 11.7. The number of likely N-dealkylation sites (N-methyl/N-ethyl adjacent to an activating group) is 1. The smallest absolute Gasteiger partial charge is 0.269 e. The molecule has 0 aliphatic carbocycles. The fourth-order valence-corrected chi connectivity index (χ4v) is 1.49. The molecule has 0 aliphatic rings. The summed E-state index contributed by atoms with van der Waals surface area (Å²) >= 11 is 3.23. The molecule has 5 heteroatoms. The van der Waals surface area contributed by atoms with E-state index in [9.17, 15) is 4.79 Å². The lowest BCUT2D eigenvalue weighted by Gasteiger charge is -2.13. The first-order valence-corrected chi connectivity index (χ1v) is 6.02. The second-order valence-corrected chi connectivity index (χ2v) is 4.31. The summed E-state index contributed by atoms with van der Waals surface area (Å²) in [5.41, 5.74) is 0.438. The second-order valence-electron chi connectivity index (χ2n) is 3.50. The molecule has 1 N–H and O–H groups in total. The van der Waals surface area contributed by atoms with Crippen LogP contribution in [0.3, 0.4) is 0 Å². The number of carbonyl (C=O) groups is 1. The number of nitrogens with zero attached hydrogens (tertiary/aromatic N) is 2. The van der Waals surface area contributed by atoms with Crippen molar-refractivity contribution in [2.24, 2.45) is 0 Å². The van der Waals surface area contributed by atoms with Crippen LogP contribution in [0, 0.1) is 0 Å². The number of amides is 1. The van der Waals surface area contributed by atoms with Gasteiger partial charge in [0.2, 0.25) is 0 Å². The van der Waals surface area contributed by atoms with Crippen LogP contribution in [-0.2, 0) is 0 Å². The van der Waals surface area contributed by atoms with Gasteiger partial charge in [0, 0.05) is 13.1 Å². The lowest BCUT2D eigenvalue weighted by Crippen LogP contribution is -2.33. The summed E-state index contributed by atoms with van der Waals surface area (Å²) in [5, 5.41) is 2.83. The van der Waals surface area contributed by atoms with Gasteiger partial charge in [-0.3, -0.25) is 4.79 Å². The summed E-state index contributed by atoms with van der Waals surface area (Å²) in [6.07, 6.45) is 0. The van der Waals surface area contributed by atoms with Crippen molar-refractivity contribution < 1.29 is 4.79 Å². The third kappa shape index (κ3) is 4.28. The Bertz CT molecular complexity index is 357. The van der Waals surface area contributed by atoms with Crippen LogP contribution < -0.4 is 5.32 Å². The van der Waals surface area contributed by atoms with E-state index in [1.807, 2.05) is 7.05 Å². The van der Waals surface area contributed by atoms with Crippen LogP contribution in [-0.4, -0.2) is 42.5 Å². The van der Waals surface area contributed by atoms with Gasteiger partial charge in [-0.1, -0.05) is 13.0 Å². The maximum Gasteiger partial charge on any atom is 0.269 e. The molecule has 1 heterocycles. The number of halogens is 1. The van der Waals surface area contributed by atoms with Crippen molar-refractivity contribution in [3.8, 4) is 0 Å². The lowest BCUT2D eigenvalue weighted by molar-refractivity contribution is 0.0945. The molecule has 0 saturated carbocycles. The minimum atomic E-state index is -0.134. The summed E-state index contributed by atoms with van der Waals surface area (Å²) < 4.78 is 0.672. The number of aromatic nitrogens is 1. The molecule has 1 aromatic heterocycles. The number of carbonyl (C=O) groups excluding carboxylic acids is 1. The summed E-state index contributed by atoms with van der Waals surface area (Å²) in [6.45, 7) is 4.54. The van der Waals surface area contributed by atoms with Gasteiger partial charge in [-0.05, 0) is 41.7 Å². The first-order valence-electron chi connectivity index (χ1n) is 5.22. The Hall–Kier alpha value is -0.940. The first kappa shape index (κ1) is 13.1. The summed E-state index contributed by atoms with van der Waals surface area (Å²) in [4.78, 5) is 17.9. The third-order valence-electron chi connectivity index (χ3n) is 2.27. The van der Waals surface area contributed by atoms with E-state index >= 15 is 0 Å². The highest BCUT2D eigenvalue weighted by Gasteiger charge is 2.06.